The van der Waals surface area contributed by atoms with Crippen LogP contribution in [-0.4, -0.2) is 36.0 Å². The van der Waals surface area contributed by atoms with Crippen molar-refractivity contribution in [3.05, 3.63) is 29.6 Å². The highest BCUT2D eigenvalue weighted by Gasteiger charge is 2.41. The van der Waals surface area contributed by atoms with E-state index >= 15 is 0 Å². The van der Waals surface area contributed by atoms with Crippen LogP contribution in [0.2, 0.25) is 0 Å². The lowest BCUT2D eigenvalue weighted by atomic mass is 10.1. The van der Waals surface area contributed by atoms with Gasteiger partial charge in [-0.1, -0.05) is 6.07 Å². The Balaban J connectivity index is 2.02. The molecular weight excluding hydrogens is 306 g/mol. The van der Waals surface area contributed by atoms with Gasteiger partial charge in [0.1, 0.15) is 6.54 Å². The number of nitrogens with zero attached hydrogens (tertiary/aromatic N) is 1. The fourth-order valence-corrected chi connectivity index (χ4v) is 2.18. The number of esters is 1. The SMILES string of the molecule is Cc1ccc(F)c(OC(=O)C2CC(=O)N(CC(F)(F)F)C2)c1. The summed E-state index contributed by atoms with van der Waals surface area (Å²) in [6.45, 7) is -0.125. The molecule has 1 unspecified atom stereocenters. The quantitative estimate of drug-likeness (QED) is 0.488. The summed E-state index contributed by atoms with van der Waals surface area (Å²) in [7, 11) is 0. The number of rotatable bonds is 3. The highest BCUT2D eigenvalue weighted by Crippen LogP contribution is 2.26. The molecule has 22 heavy (non-hydrogen) atoms. The van der Waals surface area contributed by atoms with Crippen molar-refractivity contribution >= 4 is 11.9 Å². The molecule has 120 valence electrons. The van der Waals surface area contributed by atoms with E-state index in [-0.39, 0.29) is 18.7 Å². The van der Waals surface area contributed by atoms with Gasteiger partial charge in [-0.2, -0.15) is 13.2 Å². The van der Waals surface area contributed by atoms with Crippen molar-refractivity contribution in [3.63, 3.8) is 0 Å². The summed E-state index contributed by atoms with van der Waals surface area (Å²) in [5, 5.41) is 0. The fraction of sp³-hybridized carbons (Fsp3) is 0.429. The van der Waals surface area contributed by atoms with Crippen LogP contribution >= 0.6 is 0 Å². The fourth-order valence-electron chi connectivity index (χ4n) is 2.18. The number of halogens is 4. The predicted molar refractivity (Wildman–Crippen MR) is 67.5 cm³/mol. The Morgan fingerprint density at radius 2 is 2.09 bits per heavy atom. The van der Waals surface area contributed by atoms with Crippen LogP contribution < -0.4 is 4.74 Å². The second-order valence-corrected chi connectivity index (χ2v) is 5.15. The molecule has 1 aliphatic heterocycles. The Morgan fingerprint density at radius 1 is 1.41 bits per heavy atom. The van der Waals surface area contributed by atoms with Crippen molar-refractivity contribution in [2.45, 2.75) is 19.5 Å². The third-order valence-corrected chi connectivity index (χ3v) is 3.22. The average Bonchev–Trinajstić information content (AvgIpc) is 2.73. The van der Waals surface area contributed by atoms with E-state index in [1.807, 2.05) is 0 Å². The van der Waals surface area contributed by atoms with Crippen molar-refractivity contribution in [1.29, 1.82) is 0 Å². The first-order chi connectivity index (χ1) is 10.2. The van der Waals surface area contributed by atoms with Gasteiger partial charge in [0, 0.05) is 13.0 Å². The van der Waals surface area contributed by atoms with Crippen molar-refractivity contribution in [2.24, 2.45) is 5.92 Å². The number of ether oxygens (including phenoxy) is 1. The smallest absolute Gasteiger partial charge is 0.406 e. The first kappa shape index (κ1) is 16.3. The summed E-state index contributed by atoms with van der Waals surface area (Å²) in [4.78, 5) is 23.9. The molecule has 0 spiro atoms. The Morgan fingerprint density at radius 3 is 2.73 bits per heavy atom. The number of likely N-dealkylation sites (tertiary alicyclic amines) is 1. The molecule has 0 radical (unpaired) electrons. The second-order valence-electron chi connectivity index (χ2n) is 5.15. The van der Waals surface area contributed by atoms with Gasteiger partial charge >= 0.3 is 12.1 Å². The lowest BCUT2D eigenvalue weighted by molar-refractivity contribution is -0.157. The van der Waals surface area contributed by atoms with Crippen LogP contribution in [0.4, 0.5) is 17.6 Å². The molecule has 4 nitrogen and oxygen atoms in total. The minimum absolute atomic E-state index is 0.299. The number of carbonyl (C=O) groups is 2. The van der Waals surface area contributed by atoms with E-state index in [1.54, 1.807) is 6.92 Å². The average molecular weight is 319 g/mol. The van der Waals surface area contributed by atoms with Gasteiger partial charge in [0.15, 0.2) is 11.6 Å². The number of alkyl halides is 3. The van der Waals surface area contributed by atoms with Gasteiger partial charge in [-0.3, -0.25) is 9.59 Å². The molecule has 0 saturated carbocycles. The molecular formula is C14H13F4NO3. The molecule has 1 aromatic rings. The highest BCUT2D eigenvalue weighted by molar-refractivity contribution is 5.87. The van der Waals surface area contributed by atoms with Crippen LogP contribution in [0.15, 0.2) is 18.2 Å². The maximum Gasteiger partial charge on any atom is 0.406 e. The number of benzene rings is 1. The van der Waals surface area contributed by atoms with Crippen molar-refractivity contribution in [1.82, 2.24) is 4.90 Å². The molecule has 1 aliphatic rings. The predicted octanol–water partition coefficient (Wildman–Crippen LogP) is 2.45. The normalized spacial score (nSPS) is 18.7. The maximum absolute atomic E-state index is 13.5. The Labute approximate surface area is 123 Å². The van der Waals surface area contributed by atoms with Gasteiger partial charge in [0.25, 0.3) is 0 Å². The lowest BCUT2D eigenvalue weighted by Crippen LogP contribution is -2.36. The van der Waals surface area contributed by atoms with Crippen LogP contribution in [0.3, 0.4) is 0 Å². The Hall–Kier alpha value is -2.12. The van der Waals surface area contributed by atoms with Crippen LogP contribution in [0, 0.1) is 18.7 Å². The van der Waals surface area contributed by atoms with Crippen molar-refractivity contribution in [3.8, 4) is 5.75 Å². The minimum Gasteiger partial charge on any atom is -0.423 e. The molecule has 1 fully saturated rings. The van der Waals surface area contributed by atoms with Gasteiger partial charge in [0.05, 0.1) is 5.92 Å². The number of hydrogen-bond donors (Lipinski definition) is 0. The molecule has 8 heteroatoms. The number of carbonyl (C=O) groups excluding carboxylic acids is 2. The van der Waals surface area contributed by atoms with Gasteiger partial charge < -0.3 is 9.64 Å². The van der Waals surface area contributed by atoms with E-state index in [9.17, 15) is 27.2 Å². The van der Waals surface area contributed by atoms with E-state index in [4.69, 9.17) is 4.74 Å². The molecule has 0 bridgehead atoms. The van der Waals surface area contributed by atoms with Gasteiger partial charge in [-0.25, -0.2) is 4.39 Å². The van der Waals surface area contributed by atoms with E-state index in [0.29, 0.717) is 10.5 Å². The Kier molecular flexibility index (Phi) is 4.39. The number of hydrogen-bond acceptors (Lipinski definition) is 3. The number of amides is 1. The third-order valence-electron chi connectivity index (χ3n) is 3.22. The van der Waals surface area contributed by atoms with Crippen molar-refractivity contribution < 1.29 is 31.9 Å². The first-order valence-electron chi connectivity index (χ1n) is 6.48. The summed E-state index contributed by atoms with van der Waals surface area (Å²) < 4.78 is 55.2. The van der Waals surface area contributed by atoms with Gasteiger partial charge in [-0.15, -0.1) is 0 Å². The highest BCUT2D eigenvalue weighted by atomic mass is 19.4. The van der Waals surface area contributed by atoms with Crippen LogP contribution in [-0.2, 0) is 9.59 Å². The summed E-state index contributed by atoms with van der Waals surface area (Å²) in [5.74, 6) is -3.77. The molecule has 1 heterocycles. The van der Waals surface area contributed by atoms with Crippen LogP contribution in [0.25, 0.3) is 0 Å². The van der Waals surface area contributed by atoms with Gasteiger partial charge in [-0.05, 0) is 24.6 Å². The standard InChI is InChI=1S/C14H13F4NO3/c1-8-2-3-10(15)11(4-8)22-13(21)9-5-12(20)19(6-9)7-14(16,17)18/h2-4,9H,5-7H2,1H3. The van der Waals surface area contributed by atoms with E-state index in [2.05, 4.69) is 0 Å². The molecule has 0 aromatic heterocycles. The van der Waals surface area contributed by atoms with E-state index in [0.717, 1.165) is 6.07 Å². The molecule has 1 atom stereocenters. The van der Waals surface area contributed by atoms with E-state index < -0.39 is 36.3 Å². The van der Waals surface area contributed by atoms with Crippen molar-refractivity contribution in [2.75, 3.05) is 13.1 Å². The maximum atomic E-state index is 13.5. The monoisotopic (exact) mass is 319 g/mol. The minimum atomic E-state index is -4.53. The molecule has 1 amide bonds. The van der Waals surface area contributed by atoms with Crippen LogP contribution in [0.5, 0.6) is 5.75 Å². The summed E-state index contributed by atoms with van der Waals surface area (Å²) in [6, 6.07) is 3.90. The first-order valence-corrected chi connectivity index (χ1v) is 6.48. The summed E-state index contributed by atoms with van der Waals surface area (Å²) in [5.41, 5.74) is 0.658. The topological polar surface area (TPSA) is 46.6 Å². The second kappa shape index (κ2) is 5.94. The zero-order valence-corrected chi connectivity index (χ0v) is 11.6. The Bertz CT molecular complexity index is 600. The van der Waals surface area contributed by atoms with Crippen LogP contribution in [0.1, 0.15) is 12.0 Å². The summed E-state index contributed by atoms with van der Waals surface area (Å²) >= 11 is 0. The molecule has 1 aromatic carbocycles. The summed E-state index contributed by atoms with van der Waals surface area (Å²) in [6.07, 6.45) is -4.90. The molecule has 1 saturated heterocycles. The number of aryl methyl sites for hydroxylation is 1. The van der Waals surface area contributed by atoms with Gasteiger partial charge in [0.2, 0.25) is 5.91 Å². The largest absolute Gasteiger partial charge is 0.423 e. The lowest BCUT2D eigenvalue weighted by Gasteiger charge is -2.18. The molecule has 0 N–H and O–H groups in total. The third kappa shape index (κ3) is 3.96. The molecule has 0 aliphatic carbocycles. The zero-order valence-electron chi connectivity index (χ0n) is 11.6. The van der Waals surface area contributed by atoms with E-state index in [1.165, 1.54) is 12.1 Å². The zero-order chi connectivity index (χ0) is 16.5. The molecule has 2 rings (SSSR count).